The van der Waals surface area contributed by atoms with E-state index in [1.807, 2.05) is 36.1 Å². The first-order chi connectivity index (χ1) is 16.5. The van der Waals surface area contributed by atoms with Gasteiger partial charge in [0.05, 0.1) is 36.0 Å². The van der Waals surface area contributed by atoms with Crippen molar-refractivity contribution in [3.8, 4) is 6.07 Å². The minimum absolute atomic E-state index is 0.0582. The normalized spacial score (nSPS) is 17.9. The Bertz CT molecular complexity index is 1260. The molecule has 5 rings (SSSR count). The van der Waals surface area contributed by atoms with Crippen LogP contribution in [0.5, 0.6) is 0 Å². The van der Waals surface area contributed by atoms with Crippen molar-refractivity contribution in [2.24, 2.45) is 5.92 Å². The van der Waals surface area contributed by atoms with Gasteiger partial charge in [-0.2, -0.15) is 5.26 Å². The second-order valence-electron chi connectivity index (χ2n) is 8.97. The van der Waals surface area contributed by atoms with Crippen LogP contribution in [0, 0.1) is 17.2 Å². The molecule has 2 N–H and O–H groups in total. The molecule has 2 aliphatic heterocycles. The van der Waals surface area contributed by atoms with Crippen LogP contribution in [0.15, 0.2) is 36.5 Å². The number of aromatic nitrogens is 2. The average Bonchev–Trinajstić information content (AvgIpc) is 3.26. The Morgan fingerprint density at radius 3 is 2.82 bits per heavy atom. The van der Waals surface area contributed by atoms with Gasteiger partial charge in [-0.05, 0) is 61.6 Å². The van der Waals surface area contributed by atoms with Crippen LogP contribution in [0.2, 0.25) is 0 Å². The zero-order chi connectivity index (χ0) is 23.7. The molecule has 34 heavy (non-hydrogen) atoms. The van der Waals surface area contributed by atoms with E-state index < -0.39 is 0 Å². The fraction of sp³-hybridized carbons (Fsp3) is 0.385. The Morgan fingerprint density at radius 2 is 2.09 bits per heavy atom. The van der Waals surface area contributed by atoms with Crippen LogP contribution in [0.1, 0.15) is 58.6 Å². The lowest BCUT2D eigenvalue weighted by atomic mass is 9.98. The Kier molecular flexibility index (Phi) is 6.14. The number of rotatable bonds is 5. The summed E-state index contributed by atoms with van der Waals surface area (Å²) in [5.74, 6) is 0.799. The number of anilines is 1. The van der Waals surface area contributed by atoms with Crippen LogP contribution in [0.25, 0.3) is 10.9 Å². The number of carbonyl (C=O) groups excluding carboxylic acids is 1. The smallest absolute Gasteiger partial charge is 0.254 e. The molecule has 8 heteroatoms. The van der Waals surface area contributed by atoms with Crippen molar-refractivity contribution >= 4 is 22.6 Å². The lowest BCUT2D eigenvalue weighted by molar-refractivity contribution is 0.0444. The van der Waals surface area contributed by atoms with E-state index >= 15 is 0 Å². The van der Waals surface area contributed by atoms with E-state index in [1.54, 1.807) is 12.3 Å². The molecule has 0 saturated carbocycles. The summed E-state index contributed by atoms with van der Waals surface area (Å²) < 4.78 is 11.3. The number of carbonyl (C=O) groups is 1. The molecule has 0 unspecified atom stereocenters. The number of hydrogen-bond acceptors (Lipinski definition) is 7. The highest BCUT2D eigenvalue weighted by Crippen LogP contribution is 2.38. The van der Waals surface area contributed by atoms with Crippen molar-refractivity contribution in [2.45, 2.75) is 39.0 Å². The topological polar surface area (TPSA) is 114 Å². The number of benzene rings is 1. The highest BCUT2D eigenvalue weighted by atomic mass is 16.5. The van der Waals surface area contributed by atoms with Crippen LogP contribution in [0.3, 0.4) is 0 Å². The summed E-state index contributed by atoms with van der Waals surface area (Å²) >= 11 is 0. The molecule has 0 spiro atoms. The molecule has 4 heterocycles. The Labute approximate surface area is 198 Å². The summed E-state index contributed by atoms with van der Waals surface area (Å²) in [5, 5.41) is 9.97. The Hall–Kier alpha value is -3.54. The van der Waals surface area contributed by atoms with Crippen LogP contribution >= 0.6 is 0 Å². The molecule has 0 radical (unpaired) electrons. The van der Waals surface area contributed by atoms with E-state index in [0.29, 0.717) is 42.6 Å². The van der Waals surface area contributed by atoms with Crippen LogP contribution in [-0.4, -0.2) is 40.5 Å². The van der Waals surface area contributed by atoms with E-state index in [0.717, 1.165) is 53.8 Å². The van der Waals surface area contributed by atoms with Gasteiger partial charge in [0.1, 0.15) is 11.9 Å². The molecule has 1 atom stereocenters. The second-order valence-corrected chi connectivity index (χ2v) is 8.97. The highest BCUT2D eigenvalue weighted by molar-refractivity contribution is 5.99. The monoisotopic (exact) mass is 457 g/mol. The summed E-state index contributed by atoms with van der Waals surface area (Å²) in [6, 6.07) is 11.2. The largest absolute Gasteiger partial charge is 0.383 e. The number of hydrogen-bond donors (Lipinski definition) is 1. The molecule has 3 aromatic rings. The third-order valence-corrected chi connectivity index (χ3v) is 6.71. The fourth-order valence-electron chi connectivity index (χ4n) is 4.82. The van der Waals surface area contributed by atoms with E-state index in [9.17, 15) is 4.79 Å². The third kappa shape index (κ3) is 4.32. The van der Waals surface area contributed by atoms with Gasteiger partial charge in [0.2, 0.25) is 0 Å². The summed E-state index contributed by atoms with van der Waals surface area (Å²) in [5.41, 5.74) is 10.7. The second kappa shape index (κ2) is 9.37. The molecule has 8 nitrogen and oxygen atoms in total. The molecule has 1 saturated heterocycles. The zero-order valence-electron chi connectivity index (χ0n) is 19.2. The lowest BCUT2D eigenvalue weighted by Gasteiger charge is -2.30. The van der Waals surface area contributed by atoms with E-state index in [2.05, 4.69) is 16.0 Å². The van der Waals surface area contributed by atoms with Crippen LogP contribution in [-0.2, 0) is 22.6 Å². The van der Waals surface area contributed by atoms with Crippen molar-refractivity contribution in [1.82, 2.24) is 14.9 Å². The number of nitrogen functional groups attached to an aromatic ring is 1. The van der Waals surface area contributed by atoms with E-state index in [4.69, 9.17) is 20.5 Å². The average molecular weight is 458 g/mol. The van der Waals surface area contributed by atoms with Gasteiger partial charge in [-0.15, -0.1) is 0 Å². The number of nitrogens with zero attached hydrogens (tertiary/aromatic N) is 4. The molecular weight excluding hydrogens is 430 g/mol. The van der Waals surface area contributed by atoms with Gasteiger partial charge in [0.25, 0.3) is 5.91 Å². The maximum atomic E-state index is 13.8. The fourth-order valence-corrected chi connectivity index (χ4v) is 4.82. The van der Waals surface area contributed by atoms with Gasteiger partial charge in [0.15, 0.2) is 0 Å². The molecule has 0 aliphatic carbocycles. The summed E-state index contributed by atoms with van der Waals surface area (Å²) in [4.78, 5) is 24.6. The molecule has 2 aliphatic rings. The van der Waals surface area contributed by atoms with E-state index in [1.165, 1.54) is 0 Å². The predicted molar refractivity (Wildman–Crippen MR) is 127 cm³/mol. The number of fused-ring (bicyclic) bond motifs is 3. The molecule has 1 amide bonds. The molecule has 174 valence electrons. The van der Waals surface area contributed by atoms with Gasteiger partial charge in [-0.25, -0.2) is 4.98 Å². The van der Waals surface area contributed by atoms with Crippen molar-refractivity contribution in [3.63, 3.8) is 0 Å². The highest BCUT2D eigenvalue weighted by Gasteiger charge is 2.27. The van der Waals surface area contributed by atoms with Crippen molar-refractivity contribution < 1.29 is 14.3 Å². The van der Waals surface area contributed by atoms with Crippen LogP contribution < -0.4 is 5.73 Å². The summed E-state index contributed by atoms with van der Waals surface area (Å²) in [6.07, 6.45) is 3.28. The number of ether oxygens (including phenoxy) is 2. The van der Waals surface area contributed by atoms with E-state index in [-0.39, 0.29) is 12.0 Å². The number of nitriles is 1. The van der Waals surface area contributed by atoms with Gasteiger partial charge >= 0.3 is 0 Å². The molecule has 1 fully saturated rings. The number of nitrogens with two attached hydrogens (primary N) is 1. The SMILES string of the molecule is C[C@H]1OCc2c1c(N)nc1ccc(C(=O)N(Cc3ccc(C#N)cn3)CC3CCOCC3)cc21. The van der Waals surface area contributed by atoms with Crippen molar-refractivity contribution in [3.05, 3.63) is 64.5 Å². The summed E-state index contributed by atoms with van der Waals surface area (Å²) in [7, 11) is 0. The minimum atomic E-state index is -0.112. The maximum absolute atomic E-state index is 13.8. The first-order valence-electron chi connectivity index (χ1n) is 11.6. The van der Waals surface area contributed by atoms with Crippen molar-refractivity contribution in [2.75, 3.05) is 25.5 Å². The van der Waals surface area contributed by atoms with Crippen LogP contribution in [0.4, 0.5) is 5.82 Å². The molecular formula is C26H27N5O3. The maximum Gasteiger partial charge on any atom is 0.254 e. The minimum Gasteiger partial charge on any atom is -0.383 e. The molecule has 0 bridgehead atoms. The summed E-state index contributed by atoms with van der Waals surface area (Å²) in [6.45, 7) is 4.85. The van der Waals surface area contributed by atoms with Gasteiger partial charge in [-0.1, -0.05) is 0 Å². The third-order valence-electron chi connectivity index (χ3n) is 6.71. The molecule has 1 aromatic carbocycles. The first-order valence-corrected chi connectivity index (χ1v) is 11.6. The predicted octanol–water partition coefficient (Wildman–Crippen LogP) is 3.74. The van der Waals surface area contributed by atoms with Crippen molar-refractivity contribution in [1.29, 1.82) is 5.26 Å². The molecule has 2 aromatic heterocycles. The number of amides is 1. The lowest BCUT2D eigenvalue weighted by Crippen LogP contribution is -2.37. The van der Waals surface area contributed by atoms with Gasteiger partial charge in [0, 0.05) is 42.5 Å². The standard InChI is InChI=1S/C26H27N5O3/c1-16-24-22(15-34-16)21-10-19(3-5-23(21)30-25(24)28)26(32)31(13-17-6-8-33-9-7-17)14-20-4-2-18(11-27)12-29-20/h2-5,10,12,16-17H,6-9,13-15H2,1H3,(H2,28,30)/t16-/m1/s1. The Balaban J connectivity index is 1.48. The van der Waals surface area contributed by atoms with Gasteiger partial charge < -0.3 is 20.1 Å². The van der Waals surface area contributed by atoms with Gasteiger partial charge in [-0.3, -0.25) is 9.78 Å². The zero-order valence-corrected chi connectivity index (χ0v) is 19.2. The quantitative estimate of drug-likeness (QED) is 0.621. The Morgan fingerprint density at radius 1 is 1.26 bits per heavy atom. The number of pyridine rings is 2. The first kappa shape index (κ1) is 22.3.